The summed E-state index contributed by atoms with van der Waals surface area (Å²) in [4.78, 5) is 16.0. The van der Waals surface area contributed by atoms with Crippen molar-refractivity contribution in [3.05, 3.63) is 42.6 Å². The van der Waals surface area contributed by atoms with E-state index in [1.165, 1.54) is 6.42 Å². The number of carbonyl (C=O) groups excluding carboxylic acids is 1. The summed E-state index contributed by atoms with van der Waals surface area (Å²) in [7, 11) is -4.00. The van der Waals surface area contributed by atoms with Gasteiger partial charge in [0.05, 0.1) is 35.3 Å². The number of esters is 1. The molecule has 7 rings (SSSR count). The van der Waals surface area contributed by atoms with Crippen molar-refractivity contribution in [2.45, 2.75) is 45.0 Å². The zero-order chi connectivity index (χ0) is 32.1. The molecule has 0 radical (unpaired) electrons. The summed E-state index contributed by atoms with van der Waals surface area (Å²) in [5, 5.41) is 13.1. The van der Waals surface area contributed by atoms with Crippen LogP contribution in [0, 0.1) is 11.8 Å². The SMILES string of the molecule is CCOC(=O)CS(=O)(=O)Nc1ccc(-c2nnc(-c3cc(N4CCC(F)(F)CC4)n4nccc4c3)o2)c(N2CC3CCC(C3)C2)c1. The predicted molar refractivity (Wildman–Crippen MR) is 167 cm³/mol. The van der Waals surface area contributed by atoms with Gasteiger partial charge in [0.1, 0.15) is 5.82 Å². The number of benzene rings is 1. The molecule has 0 amide bonds. The number of carbonyl (C=O) groups is 1. The second-order valence-electron chi connectivity index (χ2n) is 12.4. The highest BCUT2D eigenvalue weighted by Crippen LogP contribution is 2.42. The molecule has 4 aromatic rings. The summed E-state index contributed by atoms with van der Waals surface area (Å²) in [6, 6.07) is 10.6. The number of hydrogen-bond acceptors (Lipinski definition) is 10. The molecule has 15 heteroatoms. The molecule has 0 spiro atoms. The lowest BCUT2D eigenvalue weighted by Crippen LogP contribution is -2.40. The minimum Gasteiger partial charge on any atom is -0.465 e. The van der Waals surface area contributed by atoms with Crippen LogP contribution < -0.4 is 14.5 Å². The maximum absolute atomic E-state index is 13.9. The van der Waals surface area contributed by atoms with Gasteiger partial charge in [0.15, 0.2) is 5.75 Å². The average molecular weight is 656 g/mol. The van der Waals surface area contributed by atoms with E-state index in [0.717, 1.165) is 37.1 Å². The number of fused-ring (bicyclic) bond motifs is 3. The molecular weight excluding hydrogens is 620 g/mol. The number of piperidine rings is 2. The maximum atomic E-state index is 13.9. The molecule has 1 aliphatic carbocycles. The number of hydrogen-bond donors (Lipinski definition) is 1. The highest BCUT2D eigenvalue weighted by molar-refractivity contribution is 7.93. The minimum atomic E-state index is -4.00. The molecule has 1 saturated carbocycles. The van der Waals surface area contributed by atoms with Crippen molar-refractivity contribution in [3.8, 4) is 22.9 Å². The smallest absolute Gasteiger partial charge is 0.323 e. The number of halogens is 2. The molecular formula is C31H35F2N7O5S. The normalized spacial score (nSPS) is 21.1. The number of aromatic nitrogens is 4. The lowest BCUT2D eigenvalue weighted by atomic mass is 9.97. The van der Waals surface area contributed by atoms with Gasteiger partial charge in [-0.2, -0.15) is 5.10 Å². The fourth-order valence-electron chi connectivity index (χ4n) is 6.89. The molecule has 2 bridgehead atoms. The van der Waals surface area contributed by atoms with Crippen LogP contribution in [0.2, 0.25) is 0 Å². The molecule has 2 saturated heterocycles. The molecule has 12 nitrogen and oxygen atoms in total. The quantitative estimate of drug-likeness (QED) is 0.250. The number of ether oxygens (including phenoxy) is 1. The fraction of sp³-hybridized carbons (Fsp3) is 0.484. The van der Waals surface area contributed by atoms with Crippen molar-refractivity contribution < 1.29 is 31.1 Å². The van der Waals surface area contributed by atoms with Crippen LogP contribution in [0.4, 0.5) is 26.0 Å². The zero-order valence-corrected chi connectivity index (χ0v) is 26.2. The van der Waals surface area contributed by atoms with E-state index in [4.69, 9.17) is 9.15 Å². The van der Waals surface area contributed by atoms with Gasteiger partial charge in [-0.25, -0.2) is 21.7 Å². The van der Waals surface area contributed by atoms with E-state index in [1.54, 1.807) is 35.8 Å². The van der Waals surface area contributed by atoms with E-state index in [-0.39, 0.29) is 44.3 Å². The lowest BCUT2D eigenvalue weighted by molar-refractivity contribution is -0.139. The molecule has 3 aliphatic rings. The molecule has 2 atom stereocenters. The fourth-order valence-corrected chi connectivity index (χ4v) is 7.84. The Morgan fingerprint density at radius 3 is 2.52 bits per heavy atom. The molecule has 1 aromatic carbocycles. The number of nitrogens with zero attached hydrogens (tertiary/aromatic N) is 6. The van der Waals surface area contributed by atoms with Crippen LogP contribution in [0.25, 0.3) is 28.4 Å². The van der Waals surface area contributed by atoms with Crippen LogP contribution in [-0.4, -0.2) is 78.7 Å². The van der Waals surface area contributed by atoms with Gasteiger partial charge in [0, 0.05) is 44.6 Å². The maximum Gasteiger partial charge on any atom is 0.323 e. The molecule has 2 unspecified atom stereocenters. The van der Waals surface area contributed by atoms with Crippen molar-refractivity contribution >= 4 is 38.7 Å². The molecule has 244 valence electrons. The molecule has 5 heterocycles. The van der Waals surface area contributed by atoms with Crippen molar-refractivity contribution in [2.24, 2.45) is 11.8 Å². The van der Waals surface area contributed by atoms with Crippen molar-refractivity contribution in [3.63, 3.8) is 0 Å². The Morgan fingerprint density at radius 2 is 1.78 bits per heavy atom. The van der Waals surface area contributed by atoms with Crippen molar-refractivity contribution in [2.75, 3.05) is 53.1 Å². The van der Waals surface area contributed by atoms with Crippen LogP contribution in [-0.2, 0) is 19.6 Å². The van der Waals surface area contributed by atoms with Gasteiger partial charge in [0.2, 0.25) is 21.8 Å². The Bertz CT molecular complexity index is 1860. The van der Waals surface area contributed by atoms with E-state index in [1.807, 2.05) is 23.1 Å². The summed E-state index contributed by atoms with van der Waals surface area (Å²) in [6.45, 7) is 3.73. The van der Waals surface area contributed by atoms with Gasteiger partial charge in [-0.1, -0.05) is 0 Å². The first kappa shape index (κ1) is 30.4. The Labute approximate surface area is 264 Å². The second-order valence-corrected chi connectivity index (χ2v) is 14.1. The first-order valence-electron chi connectivity index (χ1n) is 15.6. The Morgan fingerprint density at radius 1 is 1.04 bits per heavy atom. The van der Waals surface area contributed by atoms with E-state index in [0.29, 0.717) is 34.5 Å². The lowest BCUT2D eigenvalue weighted by Gasteiger charge is -2.34. The summed E-state index contributed by atoms with van der Waals surface area (Å²) >= 11 is 0. The van der Waals surface area contributed by atoms with E-state index >= 15 is 0 Å². The highest BCUT2D eigenvalue weighted by Gasteiger charge is 2.36. The summed E-state index contributed by atoms with van der Waals surface area (Å²) < 4.78 is 68.6. The average Bonchev–Trinajstić information content (AvgIpc) is 3.76. The molecule has 46 heavy (non-hydrogen) atoms. The van der Waals surface area contributed by atoms with Crippen molar-refractivity contribution in [1.29, 1.82) is 0 Å². The number of alkyl halides is 2. The first-order chi connectivity index (χ1) is 22.1. The van der Waals surface area contributed by atoms with Crippen LogP contribution in [0.5, 0.6) is 0 Å². The highest BCUT2D eigenvalue weighted by atomic mass is 32.2. The van der Waals surface area contributed by atoms with E-state index in [2.05, 4.69) is 24.9 Å². The Kier molecular flexibility index (Phi) is 7.81. The van der Waals surface area contributed by atoms with Gasteiger partial charge >= 0.3 is 5.97 Å². The van der Waals surface area contributed by atoms with Crippen LogP contribution >= 0.6 is 0 Å². The number of nitrogens with one attached hydrogen (secondary N) is 1. The minimum absolute atomic E-state index is 0.0888. The topological polar surface area (TPSA) is 135 Å². The molecule has 2 aliphatic heterocycles. The number of rotatable bonds is 9. The third kappa shape index (κ3) is 6.24. The molecule has 3 aromatic heterocycles. The van der Waals surface area contributed by atoms with Crippen LogP contribution in [0.1, 0.15) is 39.0 Å². The zero-order valence-electron chi connectivity index (χ0n) is 25.4. The first-order valence-corrected chi connectivity index (χ1v) is 17.2. The number of anilines is 3. The summed E-state index contributed by atoms with van der Waals surface area (Å²) in [5.41, 5.74) is 3.10. The number of sulfonamides is 1. The predicted octanol–water partition coefficient (Wildman–Crippen LogP) is 4.83. The second kappa shape index (κ2) is 11.8. The Balaban J connectivity index is 1.22. The number of pyridine rings is 1. The van der Waals surface area contributed by atoms with Gasteiger partial charge in [-0.05, 0) is 74.4 Å². The van der Waals surface area contributed by atoms with E-state index in [9.17, 15) is 22.0 Å². The Hall–Kier alpha value is -4.27. The third-order valence-electron chi connectivity index (χ3n) is 9.03. The third-order valence-corrected chi connectivity index (χ3v) is 10.2. The molecule has 1 N–H and O–H groups in total. The van der Waals surface area contributed by atoms with E-state index < -0.39 is 27.7 Å². The van der Waals surface area contributed by atoms with Gasteiger partial charge in [-0.15, -0.1) is 10.2 Å². The van der Waals surface area contributed by atoms with Crippen LogP contribution in [0.3, 0.4) is 0 Å². The van der Waals surface area contributed by atoms with Gasteiger partial charge in [-0.3, -0.25) is 9.52 Å². The largest absolute Gasteiger partial charge is 0.465 e. The monoisotopic (exact) mass is 655 g/mol. The molecule has 3 fully saturated rings. The van der Waals surface area contributed by atoms with Crippen molar-refractivity contribution in [1.82, 2.24) is 19.8 Å². The van der Waals surface area contributed by atoms with Gasteiger partial charge in [0.25, 0.3) is 5.92 Å². The summed E-state index contributed by atoms with van der Waals surface area (Å²) in [5.74, 6) is -2.02. The standard InChI is InChI=1S/C31H35F2N7O5S/c1-2-44-28(41)19-46(42,43)37-23-5-6-25(26(16-23)39-17-20-3-4-21(13-20)18-39)30-36-35-29(45-30)22-14-24-7-10-34-40(24)27(15-22)38-11-8-31(32,33)9-12-38/h5-7,10,14-16,20-21,37H,2-4,8-9,11-13,17-19H2,1H3. The van der Waals surface area contributed by atoms with Gasteiger partial charge < -0.3 is 19.0 Å². The summed E-state index contributed by atoms with van der Waals surface area (Å²) in [6.07, 6.45) is 4.67. The van der Waals surface area contributed by atoms with Crippen LogP contribution in [0.15, 0.2) is 47.0 Å².